The molecule has 0 saturated carbocycles. The molecule has 0 amide bonds. The summed E-state index contributed by atoms with van der Waals surface area (Å²) in [6.45, 7) is 5.95. The number of rotatable bonds is 5. The SMILES string of the molecule is Cc1ccc(S(=O)(=O)OCC(C)(C)c2ccccc2)cc1. The average Bonchev–Trinajstić information content (AvgIpc) is 2.47. The number of hydrogen-bond donors (Lipinski definition) is 0. The van der Waals surface area contributed by atoms with Crippen LogP contribution in [-0.2, 0) is 19.7 Å². The van der Waals surface area contributed by atoms with Crippen LogP contribution in [0.3, 0.4) is 0 Å². The van der Waals surface area contributed by atoms with Crippen molar-refractivity contribution in [3.63, 3.8) is 0 Å². The number of aryl methyl sites for hydroxylation is 1. The molecule has 0 aliphatic rings. The Morgan fingerprint density at radius 1 is 0.952 bits per heavy atom. The lowest BCUT2D eigenvalue weighted by Gasteiger charge is -2.24. The molecule has 0 N–H and O–H groups in total. The van der Waals surface area contributed by atoms with Gasteiger partial charge in [0.2, 0.25) is 0 Å². The lowest BCUT2D eigenvalue weighted by molar-refractivity contribution is 0.246. The molecule has 0 bridgehead atoms. The molecule has 0 fully saturated rings. The van der Waals surface area contributed by atoms with Crippen molar-refractivity contribution in [2.75, 3.05) is 6.61 Å². The lowest BCUT2D eigenvalue weighted by Crippen LogP contribution is -2.26. The molecular weight excluding hydrogens is 284 g/mol. The van der Waals surface area contributed by atoms with E-state index in [0.29, 0.717) is 0 Å². The van der Waals surface area contributed by atoms with E-state index in [1.54, 1.807) is 24.3 Å². The Labute approximate surface area is 126 Å². The molecule has 4 heteroatoms. The van der Waals surface area contributed by atoms with Gasteiger partial charge in [-0.1, -0.05) is 61.9 Å². The summed E-state index contributed by atoms with van der Waals surface area (Å²) >= 11 is 0. The normalized spacial score (nSPS) is 12.3. The highest BCUT2D eigenvalue weighted by molar-refractivity contribution is 7.86. The van der Waals surface area contributed by atoms with E-state index in [1.165, 1.54) is 0 Å². The van der Waals surface area contributed by atoms with E-state index in [9.17, 15) is 8.42 Å². The van der Waals surface area contributed by atoms with Crippen LogP contribution in [0.2, 0.25) is 0 Å². The first-order chi connectivity index (χ1) is 9.81. The van der Waals surface area contributed by atoms with Crippen molar-refractivity contribution in [1.29, 1.82) is 0 Å². The van der Waals surface area contributed by atoms with Crippen molar-refractivity contribution >= 4 is 10.1 Å². The molecule has 0 aromatic heterocycles. The second kappa shape index (κ2) is 6.00. The fourth-order valence-corrected chi connectivity index (χ4v) is 3.03. The molecule has 0 unspecified atom stereocenters. The molecule has 0 atom stereocenters. The summed E-state index contributed by atoms with van der Waals surface area (Å²) < 4.78 is 29.6. The van der Waals surface area contributed by atoms with Gasteiger partial charge in [0.25, 0.3) is 10.1 Å². The molecule has 2 aromatic carbocycles. The molecule has 2 rings (SSSR count). The van der Waals surface area contributed by atoms with Crippen LogP contribution in [0.5, 0.6) is 0 Å². The molecule has 0 aliphatic heterocycles. The summed E-state index contributed by atoms with van der Waals surface area (Å²) in [5, 5.41) is 0. The van der Waals surface area contributed by atoms with Crippen molar-refractivity contribution in [2.24, 2.45) is 0 Å². The molecule has 0 saturated heterocycles. The fourth-order valence-electron chi connectivity index (χ4n) is 1.97. The standard InChI is InChI=1S/C17H20O3S/c1-14-9-11-16(12-10-14)21(18,19)20-13-17(2,3)15-7-5-4-6-8-15/h4-12H,13H2,1-3H3. The topological polar surface area (TPSA) is 43.4 Å². The smallest absolute Gasteiger partial charge is 0.265 e. The zero-order chi connectivity index (χ0) is 15.5. The summed E-state index contributed by atoms with van der Waals surface area (Å²) in [5.41, 5.74) is 1.68. The maximum absolute atomic E-state index is 12.2. The van der Waals surface area contributed by atoms with Crippen LogP contribution in [0, 0.1) is 6.92 Å². The summed E-state index contributed by atoms with van der Waals surface area (Å²) in [4.78, 5) is 0.192. The first-order valence-electron chi connectivity index (χ1n) is 6.83. The average molecular weight is 304 g/mol. The van der Waals surface area contributed by atoms with E-state index < -0.39 is 10.1 Å². The van der Waals surface area contributed by atoms with Gasteiger partial charge in [0.05, 0.1) is 11.5 Å². The molecule has 21 heavy (non-hydrogen) atoms. The predicted octanol–water partition coefficient (Wildman–Crippen LogP) is 3.68. The molecule has 0 spiro atoms. The van der Waals surface area contributed by atoms with Gasteiger partial charge < -0.3 is 0 Å². The Bertz CT molecular complexity index is 687. The van der Waals surface area contributed by atoms with E-state index in [2.05, 4.69) is 0 Å². The van der Waals surface area contributed by atoms with Crippen molar-refractivity contribution < 1.29 is 12.6 Å². The van der Waals surface area contributed by atoms with Gasteiger partial charge in [0, 0.05) is 5.41 Å². The maximum Gasteiger partial charge on any atom is 0.297 e. The van der Waals surface area contributed by atoms with Crippen LogP contribution in [0.1, 0.15) is 25.0 Å². The van der Waals surface area contributed by atoms with Crippen molar-refractivity contribution in [2.45, 2.75) is 31.1 Å². The van der Waals surface area contributed by atoms with Gasteiger partial charge in [-0.15, -0.1) is 0 Å². The van der Waals surface area contributed by atoms with Crippen LogP contribution in [0.15, 0.2) is 59.5 Å². The van der Waals surface area contributed by atoms with Gasteiger partial charge in [-0.3, -0.25) is 4.18 Å². The van der Waals surface area contributed by atoms with Crippen molar-refractivity contribution in [3.05, 3.63) is 65.7 Å². The number of hydrogen-bond acceptors (Lipinski definition) is 3. The predicted molar refractivity (Wildman–Crippen MR) is 83.8 cm³/mol. The first kappa shape index (κ1) is 15.7. The maximum atomic E-state index is 12.2. The molecule has 0 heterocycles. The van der Waals surface area contributed by atoms with Crippen LogP contribution >= 0.6 is 0 Å². The monoisotopic (exact) mass is 304 g/mol. The van der Waals surface area contributed by atoms with Gasteiger partial charge in [-0.25, -0.2) is 0 Å². The molecule has 3 nitrogen and oxygen atoms in total. The quantitative estimate of drug-likeness (QED) is 0.791. The molecule has 0 aliphatic carbocycles. The van der Waals surface area contributed by atoms with Crippen molar-refractivity contribution in [1.82, 2.24) is 0 Å². The van der Waals surface area contributed by atoms with E-state index in [1.807, 2.05) is 51.1 Å². The highest BCUT2D eigenvalue weighted by Gasteiger charge is 2.25. The van der Waals surface area contributed by atoms with Crippen LogP contribution < -0.4 is 0 Å². The first-order valence-corrected chi connectivity index (χ1v) is 8.24. The highest BCUT2D eigenvalue weighted by Crippen LogP contribution is 2.25. The fraction of sp³-hybridized carbons (Fsp3) is 0.294. The van der Waals surface area contributed by atoms with E-state index in [0.717, 1.165) is 11.1 Å². The van der Waals surface area contributed by atoms with E-state index in [4.69, 9.17) is 4.18 Å². The third kappa shape index (κ3) is 3.93. The Kier molecular flexibility index (Phi) is 4.49. The summed E-state index contributed by atoms with van der Waals surface area (Å²) in [6.07, 6.45) is 0. The largest absolute Gasteiger partial charge is 0.297 e. The summed E-state index contributed by atoms with van der Waals surface area (Å²) in [6, 6.07) is 16.4. The van der Waals surface area contributed by atoms with Gasteiger partial charge in [-0.05, 0) is 24.6 Å². The minimum atomic E-state index is -3.72. The van der Waals surface area contributed by atoms with Gasteiger partial charge >= 0.3 is 0 Å². The van der Waals surface area contributed by atoms with Gasteiger partial charge in [0.15, 0.2) is 0 Å². The van der Waals surface area contributed by atoms with Gasteiger partial charge in [-0.2, -0.15) is 8.42 Å². The molecule has 2 aromatic rings. The molecule has 112 valence electrons. The zero-order valence-electron chi connectivity index (χ0n) is 12.5. The minimum absolute atomic E-state index is 0.104. The third-order valence-electron chi connectivity index (χ3n) is 3.44. The summed E-state index contributed by atoms with van der Waals surface area (Å²) in [7, 11) is -3.72. The van der Waals surface area contributed by atoms with Crippen LogP contribution in [-0.4, -0.2) is 15.0 Å². The molecule has 0 radical (unpaired) electrons. The Hall–Kier alpha value is -1.65. The number of benzene rings is 2. The summed E-state index contributed by atoms with van der Waals surface area (Å²) in [5.74, 6) is 0. The minimum Gasteiger partial charge on any atom is -0.265 e. The van der Waals surface area contributed by atoms with Crippen LogP contribution in [0.4, 0.5) is 0 Å². The van der Waals surface area contributed by atoms with E-state index in [-0.39, 0.29) is 16.9 Å². The highest BCUT2D eigenvalue weighted by atomic mass is 32.2. The second-order valence-electron chi connectivity index (χ2n) is 5.78. The molecular formula is C17H20O3S. The van der Waals surface area contributed by atoms with E-state index >= 15 is 0 Å². The third-order valence-corrected chi connectivity index (χ3v) is 4.72. The zero-order valence-corrected chi connectivity index (χ0v) is 13.4. The van der Waals surface area contributed by atoms with Crippen molar-refractivity contribution in [3.8, 4) is 0 Å². The second-order valence-corrected chi connectivity index (χ2v) is 7.39. The van der Waals surface area contributed by atoms with Gasteiger partial charge in [0.1, 0.15) is 0 Å². The van der Waals surface area contributed by atoms with Crippen LogP contribution in [0.25, 0.3) is 0 Å². The Balaban J connectivity index is 2.13. The Morgan fingerprint density at radius 2 is 1.52 bits per heavy atom. The lowest BCUT2D eigenvalue weighted by atomic mass is 9.86. The Morgan fingerprint density at radius 3 is 2.10 bits per heavy atom.